The molecule has 0 radical (unpaired) electrons. The van der Waals surface area contributed by atoms with Crippen LogP contribution in [0.15, 0.2) is 16.6 Å². The number of aryl methyl sites for hydroxylation is 1. The summed E-state index contributed by atoms with van der Waals surface area (Å²) in [6.45, 7) is 1.91. The smallest absolute Gasteiger partial charge is 0.281 e. The first-order valence-electron chi connectivity index (χ1n) is 3.95. The fourth-order valence-corrected chi connectivity index (χ4v) is 1.92. The van der Waals surface area contributed by atoms with Gasteiger partial charge in [-0.1, -0.05) is 15.9 Å². The lowest BCUT2D eigenvalue weighted by molar-refractivity contribution is -0.427. The minimum absolute atomic E-state index is 0.686. The lowest BCUT2D eigenvalue weighted by Gasteiger charge is -2.04. The molecule has 0 aliphatic heterocycles. The molecular weight excluding hydrogens is 232 g/mol. The van der Waals surface area contributed by atoms with Gasteiger partial charge in [-0.25, -0.2) is 0 Å². The number of halogens is 1. The third-order valence-electron chi connectivity index (χ3n) is 1.85. The molecule has 70 valence electrons. The molecule has 0 fully saturated rings. The van der Waals surface area contributed by atoms with Crippen molar-refractivity contribution in [3.63, 3.8) is 0 Å². The van der Waals surface area contributed by atoms with Gasteiger partial charge in [-0.15, -0.1) is 0 Å². The number of nitroso groups, excluding NO2 is 1. The monoisotopic (exact) mass is 243 g/mol. The average molecular weight is 244 g/mol. The fourth-order valence-electron chi connectivity index (χ4n) is 1.34. The quantitative estimate of drug-likeness (QED) is 0.811. The predicted molar refractivity (Wildman–Crippen MR) is 57.6 cm³/mol. The lowest BCUT2D eigenvalue weighted by atomic mass is 10.1. The number of hydrogen-bond donors (Lipinski definition) is 1. The Labute approximate surface area is 85.8 Å². The van der Waals surface area contributed by atoms with E-state index in [0.29, 0.717) is 5.69 Å². The third kappa shape index (κ3) is 2.06. The van der Waals surface area contributed by atoms with Gasteiger partial charge >= 0.3 is 0 Å². The van der Waals surface area contributed by atoms with Crippen molar-refractivity contribution >= 4 is 27.3 Å². The molecule has 0 aliphatic carbocycles. The Kier molecular flexibility index (Phi) is 3.03. The molecule has 1 rings (SSSR count). The van der Waals surface area contributed by atoms with Crippen molar-refractivity contribution in [2.75, 3.05) is 19.4 Å². The molecule has 4 heteroatoms. The molecule has 0 atom stereocenters. The Hall–Kier alpha value is -0.900. The van der Waals surface area contributed by atoms with Gasteiger partial charge in [0.05, 0.1) is 0 Å². The molecule has 0 heterocycles. The highest BCUT2D eigenvalue weighted by atomic mass is 79.9. The maximum Gasteiger partial charge on any atom is 0.281 e. The van der Waals surface area contributed by atoms with Crippen molar-refractivity contribution in [1.29, 1.82) is 0 Å². The second kappa shape index (κ2) is 3.87. The topological polar surface area (TPSA) is 32.1 Å². The first-order chi connectivity index (χ1) is 6.06. The first-order valence-corrected chi connectivity index (χ1v) is 4.74. The molecule has 3 nitrogen and oxygen atoms in total. The first kappa shape index (κ1) is 10.2. The van der Waals surface area contributed by atoms with Crippen molar-refractivity contribution in [3.8, 4) is 0 Å². The van der Waals surface area contributed by atoms with Crippen molar-refractivity contribution in [2.24, 2.45) is 0 Å². The highest BCUT2D eigenvalue weighted by molar-refractivity contribution is 9.10. The van der Waals surface area contributed by atoms with E-state index in [1.54, 1.807) is 7.05 Å². The molecule has 0 saturated carbocycles. The molecule has 0 saturated heterocycles. The fraction of sp³-hybridized carbons (Fsp3) is 0.333. The molecule has 1 aromatic carbocycles. The standard InChI is InChI=1S/C9H12BrN2O/c1-6-4-7(10)5-8(11-2)9(6)12(3)13/h4-5,11H,1-3H3/q+1. The van der Waals surface area contributed by atoms with Gasteiger partial charge in [0.15, 0.2) is 7.05 Å². The molecule has 0 amide bonds. The molecule has 0 unspecified atom stereocenters. The number of nitrogens with one attached hydrogen (secondary N) is 1. The Morgan fingerprint density at radius 1 is 1.46 bits per heavy atom. The summed E-state index contributed by atoms with van der Waals surface area (Å²) in [6.07, 6.45) is 0. The van der Waals surface area contributed by atoms with Gasteiger partial charge in [0.2, 0.25) is 0 Å². The zero-order valence-electron chi connectivity index (χ0n) is 7.89. The highest BCUT2D eigenvalue weighted by Crippen LogP contribution is 2.31. The zero-order chi connectivity index (χ0) is 10.0. The second-order valence-electron chi connectivity index (χ2n) is 2.87. The highest BCUT2D eigenvalue weighted by Gasteiger charge is 2.17. The van der Waals surface area contributed by atoms with Crippen molar-refractivity contribution in [1.82, 2.24) is 0 Å². The SMILES string of the molecule is CNc1cc(Br)cc(C)c1[N+](C)=O. The van der Waals surface area contributed by atoms with Crippen LogP contribution in [0, 0.1) is 11.8 Å². The van der Waals surface area contributed by atoms with Crippen molar-refractivity contribution in [2.45, 2.75) is 6.92 Å². The minimum atomic E-state index is 0.686. The van der Waals surface area contributed by atoms with Crippen LogP contribution >= 0.6 is 15.9 Å². The molecule has 0 aromatic heterocycles. The van der Waals surface area contributed by atoms with Gasteiger partial charge in [0.1, 0.15) is 5.69 Å². The van der Waals surface area contributed by atoms with E-state index in [2.05, 4.69) is 21.2 Å². The second-order valence-corrected chi connectivity index (χ2v) is 3.78. The Morgan fingerprint density at radius 3 is 2.54 bits per heavy atom. The van der Waals surface area contributed by atoms with Gasteiger partial charge in [0.25, 0.3) is 5.69 Å². The number of hydrogen-bond acceptors (Lipinski definition) is 2. The summed E-state index contributed by atoms with van der Waals surface area (Å²) in [5.41, 5.74) is 2.48. The summed E-state index contributed by atoms with van der Waals surface area (Å²) >= 11 is 3.38. The van der Waals surface area contributed by atoms with Crippen LogP contribution in [0.3, 0.4) is 0 Å². The van der Waals surface area contributed by atoms with E-state index in [-0.39, 0.29) is 0 Å². The molecule has 0 spiro atoms. The van der Waals surface area contributed by atoms with Crippen LogP contribution in [0.5, 0.6) is 0 Å². The van der Waals surface area contributed by atoms with Crippen LogP contribution in [0.25, 0.3) is 0 Å². The van der Waals surface area contributed by atoms with E-state index in [4.69, 9.17) is 0 Å². The normalized spacial score (nSPS) is 9.85. The molecule has 0 aliphatic rings. The average Bonchev–Trinajstić information content (AvgIpc) is 2.01. The summed E-state index contributed by atoms with van der Waals surface area (Å²) in [5.74, 6) is 0. The van der Waals surface area contributed by atoms with Gasteiger partial charge in [-0.3, -0.25) is 0 Å². The van der Waals surface area contributed by atoms with Crippen LogP contribution in [-0.4, -0.2) is 18.9 Å². The third-order valence-corrected chi connectivity index (χ3v) is 2.31. The minimum Gasteiger partial charge on any atom is -0.383 e. The van der Waals surface area contributed by atoms with Crippen LogP contribution < -0.4 is 5.32 Å². The lowest BCUT2D eigenvalue weighted by Crippen LogP contribution is -2.00. The maximum atomic E-state index is 11.2. The zero-order valence-corrected chi connectivity index (χ0v) is 9.47. The van der Waals surface area contributed by atoms with E-state index in [0.717, 1.165) is 20.5 Å². The van der Waals surface area contributed by atoms with E-state index < -0.39 is 0 Å². The van der Waals surface area contributed by atoms with Crippen molar-refractivity contribution in [3.05, 3.63) is 27.1 Å². The van der Waals surface area contributed by atoms with E-state index in [1.807, 2.05) is 19.1 Å². The largest absolute Gasteiger partial charge is 0.383 e. The van der Waals surface area contributed by atoms with Gasteiger partial charge in [-0.05, 0) is 19.1 Å². The Morgan fingerprint density at radius 2 is 2.08 bits per heavy atom. The molecular formula is C9H12BrN2O+. The number of rotatable bonds is 2. The number of anilines is 1. The maximum absolute atomic E-state index is 11.2. The Balaban J connectivity index is 3.38. The van der Waals surface area contributed by atoms with E-state index in [1.165, 1.54) is 7.05 Å². The van der Waals surface area contributed by atoms with Crippen LogP contribution in [0.4, 0.5) is 11.4 Å². The summed E-state index contributed by atoms with van der Waals surface area (Å²) < 4.78 is 1.84. The summed E-state index contributed by atoms with van der Waals surface area (Å²) in [5, 5.41) is 2.99. The molecule has 1 N–H and O–H groups in total. The summed E-state index contributed by atoms with van der Waals surface area (Å²) in [4.78, 5) is 11.2. The molecule has 1 aromatic rings. The molecule has 13 heavy (non-hydrogen) atoms. The van der Waals surface area contributed by atoms with E-state index >= 15 is 0 Å². The van der Waals surface area contributed by atoms with Crippen molar-refractivity contribution < 1.29 is 4.76 Å². The summed E-state index contributed by atoms with van der Waals surface area (Å²) in [7, 11) is 3.30. The Bertz CT molecular complexity index is 350. The van der Waals surface area contributed by atoms with Gasteiger partial charge < -0.3 is 5.32 Å². The molecule has 0 bridgehead atoms. The number of benzene rings is 1. The van der Waals surface area contributed by atoms with Gasteiger partial charge in [-0.2, -0.15) is 0 Å². The van der Waals surface area contributed by atoms with Crippen LogP contribution in [-0.2, 0) is 0 Å². The predicted octanol–water partition coefficient (Wildman–Crippen LogP) is 2.84. The van der Waals surface area contributed by atoms with E-state index in [9.17, 15) is 4.91 Å². The number of nitrogens with zero attached hydrogens (tertiary/aromatic N) is 1. The van der Waals surface area contributed by atoms with Crippen LogP contribution in [0.1, 0.15) is 5.56 Å². The summed E-state index contributed by atoms with van der Waals surface area (Å²) in [6, 6.07) is 3.81. The van der Waals surface area contributed by atoms with Crippen LogP contribution in [0.2, 0.25) is 0 Å². The van der Waals surface area contributed by atoms with Gasteiger partial charge in [0, 0.05) is 26.8 Å².